The summed E-state index contributed by atoms with van der Waals surface area (Å²) in [4.78, 5) is 24.7. The van der Waals surface area contributed by atoms with E-state index in [1.54, 1.807) is 18.3 Å². The van der Waals surface area contributed by atoms with E-state index >= 15 is 0 Å². The first-order valence-corrected chi connectivity index (χ1v) is 13.5. The minimum Gasteiger partial charge on any atom is -0.353 e. The molecule has 0 saturated carbocycles. The Bertz CT molecular complexity index is 1550. The summed E-state index contributed by atoms with van der Waals surface area (Å²) in [5.74, 6) is 0.121. The van der Waals surface area contributed by atoms with Gasteiger partial charge in [-0.05, 0) is 98.4 Å². The van der Waals surface area contributed by atoms with E-state index < -0.39 is 17.6 Å². The van der Waals surface area contributed by atoms with Crippen molar-refractivity contribution in [2.45, 2.75) is 45.8 Å². The molecule has 6 nitrogen and oxygen atoms in total. The number of rotatable bonds is 7. The minimum absolute atomic E-state index is 0.0231. The lowest BCUT2D eigenvalue weighted by molar-refractivity contribution is -0.138. The number of likely N-dealkylation sites (tertiary alicyclic amines) is 1. The fourth-order valence-corrected chi connectivity index (χ4v) is 5.38. The molecule has 1 saturated heterocycles. The van der Waals surface area contributed by atoms with Crippen LogP contribution >= 0.6 is 0 Å². The Hall–Kier alpha value is -3.98. The summed E-state index contributed by atoms with van der Waals surface area (Å²) < 4.78 is 39.9. The van der Waals surface area contributed by atoms with Gasteiger partial charge in [-0.1, -0.05) is 25.1 Å². The van der Waals surface area contributed by atoms with Crippen molar-refractivity contribution in [3.63, 3.8) is 0 Å². The molecule has 208 valence electrons. The summed E-state index contributed by atoms with van der Waals surface area (Å²) >= 11 is 0. The number of nitrogens with one attached hydrogen (secondary N) is 2. The monoisotopic (exact) mass is 547 g/mol. The van der Waals surface area contributed by atoms with Gasteiger partial charge in [0, 0.05) is 35.4 Å². The maximum Gasteiger partial charge on any atom is 0.416 e. The molecule has 0 aliphatic carbocycles. The first-order valence-electron chi connectivity index (χ1n) is 13.5. The molecule has 40 heavy (non-hydrogen) atoms. The number of halogens is 3. The van der Waals surface area contributed by atoms with Crippen LogP contribution in [-0.2, 0) is 6.18 Å². The molecular formula is C31H32F3N5O. The van der Waals surface area contributed by atoms with Gasteiger partial charge in [-0.3, -0.25) is 9.69 Å². The number of aryl methyl sites for hydroxylation is 1. The predicted octanol–water partition coefficient (Wildman–Crippen LogP) is 7.08. The maximum absolute atomic E-state index is 13.3. The molecule has 3 aromatic carbocycles. The molecule has 0 bridgehead atoms. The predicted molar refractivity (Wildman–Crippen MR) is 153 cm³/mol. The van der Waals surface area contributed by atoms with Gasteiger partial charge in [0.15, 0.2) is 0 Å². The van der Waals surface area contributed by atoms with E-state index in [9.17, 15) is 18.0 Å². The lowest BCUT2D eigenvalue weighted by Crippen LogP contribution is -2.34. The standard InChI is InChI=1S/C31H32F3N5O/c1-4-39-14-6-7-24(39)18-36-30-35-17-23-15-21(12-13-28(23)38-30)25-16-22(11-10-19(25)2)29(40)37-27-9-5-8-26(20(27)3)31(32,33)34/h5,8-13,15-17,24H,4,6-7,14,18H2,1-3H3,(H,37,40)(H,35,36,38)/t24-/m1/s1. The SMILES string of the molecule is CCN1CCC[C@@H]1CNc1ncc2cc(-c3cc(C(=O)Nc4cccc(C(F)(F)F)c4C)ccc3C)ccc2n1. The molecule has 1 fully saturated rings. The van der Waals surface area contributed by atoms with Crippen molar-refractivity contribution in [1.29, 1.82) is 0 Å². The Balaban J connectivity index is 1.35. The van der Waals surface area contributed by atoms with E-state index in [1.165, 1.54) is 31.9 Å². The minimum atomic E-state index is -4.50. The molecule has 1 aliphatic heterocycles. The van der Waals surface area contributed by atoms with Gasteiger partial charge in [0.2, 0.25) is 5.95 Å². The Morgan fingerprint density at radius 1 is 1.10 bits per heavy atom. The van der Waals surface area contributed by atoms with Crippen molar-refractivity contribution < 1.29 is 18.0 Å². The summed E-state index contributed by atoms with van der Waals surface area (Å²) in [6.07, 6.45) is -0.310. The average Bonchev–Trinajstić information content (AvgIpc) is 3.40. The summed E-state index contributed by atoms with van der Waals surface area (Å²) in [5.41, 5.74) is 3.19. The van der Waals surface area contributed by atoms with E-state index in [0.717, 1.165) is 53.3 Å². The molecule has 1 aliphatic rings. The largest absolute Gasteiger partial charge is 0.416 e. The van der Waals surface area contributed by atoms with Crippen molar-refractivity contribution in [3.8, 4) is 11.1 Å². The van der Waals surface area contributed by atoms with Crippen LogP contribution in [-0.4, -0.2) is 46.5 Å². The number of likely N-dealkylation sites (N-methyl/N-ethyl adjacent to an activating group) is 1. The van der Waals surface area contributed by atoms with Gasteiger partial charge in [-0.15, -0.1) is 0 Å². The maximum atomic E-state index is 13.3. The van der Waals surface area contributed by atoms with Crippen LogP contribution in [0.2, 0.25) is 0 Å². The number of aromatic nitrogens is 2. The Morgan fingerprint density at radius 2 is 1.93 bits per heavy atom. The first-order chi connectivity index (χ1) is 19.1. The molecule has 2 N–H and O–H groups in total. The number of anilines is 2. The molecule has 0 unspecified atom stereocenters. The van der Waals surface area contributed by atoms with Gasteiger partial charge < -0.3 is 10.6 Å². The van der Waals surface area contributed by atoms with Gasteiger partial charge in [0.05, 0.1) is 11.1 Å². The van der Waals surface area contributed by atoms with Crippen molar-refractivity contribution in [1.82, 2.24) is 14.9 Å². The lowest BCUT2D eigenvalue weighted by Gasteiger charge is -2.22. The van der Waals surface area contributed by atoms with Crippen molar-refractivity contribution in [2.75, 3.05) is 30.3 Å². The number of nitrogens with zero attached hydrogens (tertiary/aromatic N) is 3. The van der Waals surface area contributed by atoms with Gasteiger partial charge in [-0.25, -0.2) is 9.97 Å². The topological polar surface area (TPSA) is 70.2 Å². The second-order valence-corrected chi connectivity index (χ2v) is 10.2. The summed E-state index contributed by atoms with van der Waals surface area (Å²) in [5, 5.41) is 6.89. The van der Waals surface area contributed by atoms with Gasteiger partial charge in [0.1, 0.15) is 0 Å². The van der Waals surface area contributed by atoms with Crippen LogP contribution in [0.1, 0.15) is 46.8 Å². The van der Waals surface area contributed by atoms with Crippen LogP contribution in [0.3, 0.4) is 0 Å². The summed E-state index contributed by atoms with van der Waals surface area (Å²) in [7, 11) is 0. The van der Waals surface area contributed by atoms with Crippen LogP contribution in [0.4, 0.5) is 24.8 Å². The molecule has 1 aromatic heterocycles. The average molecular weight is 548 g/mol. The number of amides is 1. The van der Waals surface area contributed by atoms with E-state index in [-0.39, 0.29) is 11.3 Å². The molecule has 1 amide bonds. The zero-order chi connectivity index (χ0) is 28.4. The molecule has 1 atom stereocenters. The quantitative estimate of drug-likeness (QED) is 0.259. The molecule has 5 rings (SSSR count). The van der Waals surface area contributed by atoms with E-state index in [4.69, 9.17) is 0 Å². The van der Waals surface area contributed by atoms with Crippen LogP contribution in [0, 0.1) is 13.8 Å². The highest BCUT2D eigenvalue weighted by atomic mass is 19.4. The van der Waals surface area contributed by atoms with Crippen molar-refractivity contribution in [3.05, 3.63) is 83.0 Å². The zero-order valence-corrected chi connectivity index (χ0v) is 22.8. The van der Waals surface area contributed by atoms with Gasteiger partial charge >= 0.3 is 6.18 Å². The smallest absolute Gasteiger partial charge is 0.353 e. The molecule has 4 aromatic rings. The second-order valence-electron chi connectivity index (χ2n) is 10.2. The number of hydrogen-bond acceptors (Lipinski definition) is 5. The number of carbonyl (C=O) groups excluding carboxylic acids is 1. The van der Waals surface area contributed by atoms with Crippen molar-refractivity contribution >= 4 is 28.4 Å². The number of benzene rings is 3. The number of carbonyl (C=O) groups is 1. The van der Waals surface area contributed by atoms with Crippen LogP contribution < -0.4 is 10.6 Å². The molecule has 0 radical (unpaired) electrons. The highest BCUT2D eigenvalue weighted by Gasteiger charge is 2.33. The highest BCUT2D eigenvalue weighted by Crippen LogP contribution is 2.35. The third-order valence-corrected chi connectivity index (χ3v) is 7.68. The first kappa shape index (κ1) is 27.6. The van der Waals surface area contributed by atoms with Gasteiger partial charge in [-0.2, -0.15) is 13.2 Å². The molecule has 9 heteroatoms. The third-order valence-electron chi connectivity index (χ3n) is 7.68. The molecule has 0 spiro atoms. The van der Waals surface area contributed by atoms with Crippen LogP contribution in [0.5, 0.6) is 0 Å². The summed E-state index contributed by atoms with van der Waals surface area (Å²) in [6, 6.07) is 15.4. The highest BCUT2D eigenvalue weighted by molar-refractivity contribution is 6.05. The second kappa shape index (κ2) is 11.3. The number of alkyl halides is 3. The lowest BCUT2D eigenvalue weighted by atomic mass is 9.96. The van der Waals surface area contributed by atoms with E-state index in [1.807, 2.05) is 31.2 Å². The molecule has 2 heterocycles. The Morgan fingerprint density at radius 3 is 2.70 bits per heavy atom. The van der Waals surface area contributed by atoms with Gasteiger partial charge in [0.25, 0.3) is 5.91 Å². The Kier molecular flexibility index (Phi) is 7.76. The zero-order valence-electron chi connectivity index (χ0n) is 22.8. The normalized spacial score (nSPS) is 15.9. The van der Waals surface area contributed by atoms with E-state index in [2.05, 4.69) is 32.4 Å². The fourth-order valence-electron chi connectivity index (χ4n) is 5.38. The fraction of sp³-hybridized carbons (Fsp3) is 0.323. The third kappa shape index (κ3) is 5.79. The number of hydrogen-bond donors (Lipinski definition) is 2. The Labute approximate surface area is 231 Å². The van der Waals surface area contributed by atoms with Crippen molar-refractivity contribution in [2.24, 2.45) is 0 Å². The van der Waals surface area contributed by atoms with Crippen LogP contribution in [0.25, 0.3) is 22.0 Å². The van der Waals surface area contributed by atoms with Crippen LogP contribution in [0.15, 0.2) is 60.8 Å². The number of fused-ring (bicyclic) bond motifs is 1. The van der Waals surface area contributed by atoms with E-state index in [0.29, 0.717) is 17.6 Å². The summed E-state index contributed by atoms with van der Waals surface area (Å²) in [6.45, 7) is 8.48. The molecular weight excluding hydrogens is 515 g/mol.